The molecular formula is C26H29FN2O5. The van der Waals surface area contributed by atoms with Crippen molar-refractivity contribution in [1.82, 2.24) is 10.2 Å². The van der Waals surface area contributed by atoms with Crippen molar-refractivity contribution >= 4 is 17.8 Å². The number of halogens is 1. The van der Waals surface area contributed by atoms with Crippen LogP contribution in [0, 0.1) is 17.7 Å². The lowest BCUT2D eigenvalue weighted by atomic mass is 9.93. The van der Waals surface area contributed by atoms with E-state index in [4.69, 9.17) is 9.47 Å². The number of nitrogens with zero attached hydrogens (tertiary/aromatic N) is 1. The molecule has 4 rings (SSSR count). The van der Waals surface area contributed by atoms with Crippen LogP contribution >= 0.6 is 0 Å². The van der Waals surface area contributed by atoms with Gasteiger partial charge < -0.3 is 19.7 Å². The number of esters is 1. The third-order valence-corrected chi connectivity index (χ3v) is 6.40. The molecule has 1 saturated carbocycles. The maximum absolute atomic E-state index is 13.4. The molecule has 0 radical (unpaired) electrons. The highest BCUT2D eigenvalue weighted by Gasteiger charge is 2.53. The number of amides is 2. The van der Waals surface area contributed by atoms with E-state index in [2.05, 4.69) is 5.32 Å². The van der Waals surface area contributed by atoms with Gasteiger partial charge in [0.2, 0.25) is 11.8 Å². The second kappa shape index (κ2) is 10.2. The van der Waals surface area contributed by atoms with E-state index in [1.165, 1.54) is 12.1 Å². The lowest BCUT2D eigenvalue weighted by molar-refractivity contribution is -0.150. The van der Waals surface area contributed by atoms with Crippen LogP contribution in [0.15, 0.2) is 48.5 Å². The Bertz CT molecular complexity index is 1040. The monoisotopic (exact) mass is 468 g/mol. The van der Waals surface area contributed by atoms with Crippen molar-refractivity contribution in [3.05, 3.63) is 65.5 Å². The van der Waals surface area contributed by atoms with E-state index in [0.29, 0.717) is 5.75 Å². The summed E-state index contributed by atoms with van der Waals surface area (Å²) in [6.45, 7) is 2.14. The van der Waals surface area contributed by atoms with Gasteiger partial charge in [-0.3, -0.25) is 14.4 Å². The molecule has 1 N–H and O–H groups in total. The van der Waals surface area contributed by atoms with Gasteiger partial charge in [-0.05, 0) is 61.6 Å². The highest BCUT2D eigenvalue weighted by Crippen LogP contribution is 2.45. The second-order valence-corrected chi connectivity index (χ2v) is 8.69. The molecule has 3 atom stereocenters. The SMILES string of the molecule is CCOC(=O)C1CC(C(=O)NCc2ccc(F)cc2)N(C(=O)C2CC2)C1c1ccc(OC)cc1. The highest BCUT2D eigenvalue weighted by atomic mass is 19.1. The molecule has 2 amide bonds. The topological polar surface area (TPSA) is 84.9 Å². The maximum Gasteiger partial charge on any atom is 0.311 e. The van der Waals surface area contributed by atoms with E-state index < -0.39 is 24.0 Å². The lowest BCUT2D eigenvalue weighted by Gasteiger charge is -2.31. The Kier molecular flexibility index (Phi) is 7.14. The summed E-state index contributed by atoms with van der Waals surface area (Å²) in [6.07, 6.45) is 1.72. The maximum atomic E-state index is 13.4. The zero-order valence-corrected chi connectivity index (χ0v) is 19.3. The van der Waals surface area contributed by atoms with E-state index in [1.807, 2.05) is 12.1 Å². The fourth-order valence-corrected chi connectivity index (χ4v) is 4.51. The number of carbonyl (C=O) groups is 3. The lowest BCUT2D eigenvalue weighted by Crippen LogP contribution is -2.47. The van der Waals surface area contributed by atoms with E-state index in [0.717, 1.165) is 24.0 Å². The summed E-state index contributed by atoms with van der Waals surface area (Å²) in [4.78, 5) is 41.2. The van der Waals surface area contributed by atoms with Crippen LogP contribution in [-0.2, 0) is 25.7 Å². The fraction of sp³-hybridized carbons (Fsp3) is 0.423. The summed E-state index contributed by atoms with van der Waals surface area (Å²) in [5.74, 6) is -1.38. The van der Waals surface area contributed by atoms with Crippen LogP contribution in [0.3, 0.4) is 0 Å². The molecule has 0 aromatic heterocycles. The van der Waals surface area contributed by atoms with Crippen molar-refractivity contribution in [3.8, 4) is 5.75 Å². The molecule has 2 fully saturated rings. The van der Waals surface area contributed by atoms with Gasteiger partial charge in [0.1, 0.15) is 17.6 Å². The molecule has 2 aliphatic rings. The van der Waals surface area contributed by atoms with Crippen molar-refractivity contribution in [2.75, 3.05) is 13.7 Å². The predicted molar refractivity (Wildman–Crippen MR) is 122 cm³/mol. The van der Waals surface area contributed by atoms with Crippen LogP contribution < -0.4 is 10.1 Å². The number of hydrogen-bond donors (Lipinski definition) is 1. The summed E-state index contributed by atoms with van der Waals surface area (Å²) in [6, 6.07) is 11.6. The predicted octanol–water partition coefficient (Wildman–Crippen LogP) is 3.38. The quantitative estimate of drug-likeness (QED) is 0.601. The largest absolute Gasteiger partial charge is 0.497 e. The molecule has 3 unspecified atom stereocenters. The van der Waals surface area contributed by atoms with Gasteiger partial charge >= 0.3 is 5.97 Å². The van der Waals surface area contributed by atoms with Gasteiger partial charge in [-0.2, -0.15) is 0 Å². The minimum atomic E-state index is -0.810. The Balaban J connectivity index is 1.63. The van der Waals surface area contributed by atoms with E-state index in [1.54, 1.807) is 43.2 Å². The van der Waals surface area contributed by atoms with E-state index in [-0.39, 0.29) is 43.1 Å². The third kappa shape index (κ3) is 5.05. The number of methoxy groups -OCH3 is 1. The molecule has 2 aromatic rings. The smallest absolute Gasteiger partial charge is 0.311 e. The molecule has 1 heterocycles. The highest BCUT2D eigenvalue weighted by molar-refractivity contribution is 5.92. The Morgan fingerprint density at radius 2 is 1.74 bits per heavy atom. The molecule has 2 aromatic carbocycles. The molecule has 7 nitrogen and oxygen atoms in total. The van der Waals surface area contributed by atoms with Gasteiger partial charge in [-0.25, -0.2) is 4.39 Å². The number of ether oxygens (including phenoxy) is 2. The van der Waals surface area contributed by atoms with Crippen molar-refractivity contribution < 1.29 is 28.2 Å². The molecular weight excluding hydrogens is 439 g/mol. The Morgan fingerprint density at radius 1 is 1.06 bits per heavy atom. The van der Waals surface area contributed by atoms with Crippen LogP contribution in [0.2, 0.25) is 0 Å². The first-order valence-corrected chi connectivity index (χ1v) is 11.6. The molecule has 180 valence electrons. The average molecular weight is 469 g/mol. The third-order valence-electron chi connectivity index (χ3n) is 6.40. The Morgan fingerprint density at radius 3 is 2.32 bits per heavy atom. The summed E-state index contributed by atoms with van der Waals surface area (Å²) in [5, 5.41) is 2.86. The Hall–Kier alpha value is -3.42. The molecule has 34 heavy (non-hydrogen) atoms. The van der Waals surface area contributed by atoms with Gasteiger partial charge in [0.25, 0.3) is 0 Å². The molecule has 8 heteroatoms. The number of likely N-dealkylation sites (tertiary alicyclic amines) is 1. The zero-order valence-electron chi connectivity index (χ0n) is 19.3. The Labute approximate surface area is 198 Å². The van der Waals surface area contributed by atoms with Crippen molar-refractivity contribution in [2.45, 2.75) is 44.8 Å². The average Bonchev–Trinajstić information content (AvgIpc) is 3.62. The van der Waals surface area contributed by atoms with Crippen LogP contribution in [-0.4, -0.2) is 42.4 Å². The van der Waals surface area contributed by atoms with Crippen LogP contribution in [0.4, 0.5) is 4.39 Å². The van der Waals surface area contributed by atoms with Crippen LogP contribution in [0.1, 0.15) is 43.4 Å². The summed E-state index contributed by atoms with van der Waals surface area (Å²) < 4.78 is 23.8. The molecule has 0 bridgehead atoms. The van der Waals surface area contributed by atoms with Crippen LogP contribution in [0.25, 0.3) is 0 Å². The van der Waals surface area contributed by atoms with E-state index >= 15 is 0 Å². The number of rotatable bonds is 8. The summed E-state index contributed by atoms with van der Waals surface area (Å²) >= 11 is 0. The van der Waals surface area contributed by atoms with Crippen LogP contribution in [0.5, 0.6) is 5.75 Å². The number of carbonyl (C=O) groups excluding carboxylic acids is 3. The number of benzene rings is 2. The second-order valence-electron chi connectivity index (χ2n) is 8.69. The first kappa shape index (κ1) is 23.7. The van der Waals surface area contributed by atoms with E-state index in [9.17, 15) is 18.8 Å². The molecule has 1 aliphatic heterocycles. The van der Waals surface area contributed by atoms with Crippen molar-refractivity contribution in [3.63, 3.8) is 0 Å². The van der Waals surface area contributed by atoms with Gasteiger partial charge in [0, 0.05) is 12.5 Å². The minimum Gasteiger partial charge on any atom is -0.497 e. The first-order valence-electron chi connectivity index (χ1n) is 11.6. The normalized spacial score (nSPS) is 21.7. The fourth-order valence-electron chi connectivity index (χ4n) is 4.51. The van der Waals surface area contributed by atoms with Gasteiger partial charge in [-0.1, -0.05) is 24.3 Å². The van der Waals surface area contributed by atoms with Gasteiger partial charge in [0.05, 0.1) is 25.7 Å². The number of hydrogen-bond acceptors (Lipinski definition) is 5. The summed E-state index contributed by atoms with van der Waals surface area (Å²) in [7, 11) is 1.57. The first-order chi connectivity index (χ1) is 16.4. The number of nitrogens with one attached hydrogen (secondary N) is 1. The van der Waals surface area contributed by atoms with Crippen molar-refractivity contribution in [1.29, 1.82) is 0 Å². The summed E-state index contributed by atoms with van der Waals surface area (Å²) in [5.41, 5.74) is 1.49. The molecule has 1 aliphatic carbocycles. The standard InChI is InChI=1S/C26H29FN2O5/c1-3-34-26(32)21-14-22(24(30)28-15-16-4-10-19(27)11-5-16)29(25(31)18-6-7-18)23(21)17-8-12-20(33-2)13-9-17/h4-5,8-13,18,21-23H,3,6-7,14-15H2,1-2H3,(H,28,30). The molecule has 0 spiro atoms. The van der Waals surface area contributed by atoms with Gasteiger partial charge in [-0.15, -0.1) is 0 Å². The zero-order chi connectivity index (χ0) is 24.2. The molecule has 1 saturated heterocycles. The minimum absolute atomic E-state index is 0.116. The van der Waals surface area contributed by atoms with Crippen molar-refractivity contribution in [2.24, 2.45) is 11.8 Å². The van der Waals surface area contributed by atoms with Gasteiger partial charge in [0.15, 0.2) is 0 Å².